The van der Waals surface area contributed by atoms with Gasteiger partial charge in [-0.2, -0.15) is 0 Å². The van der Waals surface area contributed by atoms with Gasteiger partial charge in [0.1, 0.15) is 0 Å². The second kappa shape index (κ2) is 4.60. The highest BCUT2D eigenvalue weighted by atomic mass is 16.5. The molecule has 2 rings (SSSR count). The summed E-state index contributed by atoms with van der Waals surface area (Å²) in [5.41, 5.74) is 6.04. The maximum absolute atomic E-state index is 6.04. The zero-order chi connectivity index (χ0) is 9.97. The molecule has 3 nitrogen and oxygen atoms in total. The molecule has 2 heterocycles. The van der Waals surface area contributed by atoms with E-state index in [0.29, 0.717) is 12.1 Å². The molecule has 3 heteroatoms. The first kappa shape index (κ1) is 10.4. The third-order valence-electron chi connectivity index (χ3n) is 3.77. The molecule has 0 radical (unpaired) electrons. The third-order valence-corrected chi connectivity index (χ3v) is 3.77. The highest BCUT2D eigenvalue weighted by Gasteiger charge is 2.31. The Morgan fingerprint density at radius 1 is 1.21 bits per heavy atom. The lowest BCUT2D eigenvalue weighted by Gasteiger charge is -2.41. The molecule has 2 unspecified atom stereocenters. The Balaban J connectivity index is 1.92. The Kier molecular flexibility index (Phi) is 3.42. The van der Waals surface area contributed by atoms with Crippen molar-refractivity contribution in [2.24, 2.45) is 11.7 Å². The number of rotatable bonds is 1. The average Bonchev–Trinajstić information content (AvgIpc) is 2.23. The SMILES string of the molecule is CN1CCC(N)CC1C1CCOCC1. The van der Waals surface area contributed by atoms with Gasteiger partial charge in [0.2, 0.25) is 0 Å². The minimum atomic E-state index is 0.430. The van der Waals surface area contributed by atoms with E-state index in [1.165, 1.54) is 25.8 Å². The number of likely N-dealkylation sites (tertiary alicyclic amines) is 1. The average molecular weight is 198 g/mol. The molecule has 2 N–H and O–H groups in total. The van der Waals surface area contributed by atoms with Crippen LogP contribution in [-0.4, -0.2) is 43.8 Å². The molecule has 2 atom stereocenters. The molecule has 0 aromatic heterocycles. The van der Waals surface area contributed by atoms with Crippen molar-refractivity contribution < 1.29 is 4.74 Å². The monoisotopic (exact) mass is 198 g/mol. The van der Waals surface area contributed by atoms with Gasteiger partial charge in [-0.3, -0.25) is 0 Å². The van der Waals surface area contributed by atoms with Crippen LogP contribution >= 0.6 is 0 Å². The van der Waals surface area contributed by atoms with Crippen LogP contribution < -0.4 is 5.73 Å². The fraction of sp³-hybridized carbons (Fsp3) is 1.00. The zero-order valence-electron chi connectivity index (χ0n) is 9.11. The van der Waals surface area contributed by atoms with Crippen LogP contribution in [0.5, 0.6) is 0 Å². The maximum atomic E-state index is 6.04. The lowest BCUT2D eigenvalue weighted by molar-refractivity contribution is 0.0183. The smallest absolute Gasteiger partial charge is 0.0469 e. The van der Waals surface area contributed by atoms with E-state index in [9.17, 15) is 0 Å². The summed E-state index contributed by atoms with van der Waals surface area (Å²) >= 11 is 0. The molecule has 0 aliphatic carbocycles. The molecule has 2 fully saturated rings. The molecule has 2 aliphatic heterocycles. The predicted molar refractivity (Wildman–Crippen MR) is 57.2 cm³/mol. The Morgan fingerprint density at radius 3 is 2.64 bits per heavy atom. The number of hydrogen-bond donors (Lipinski definition) is 1. The summed E-state index contributed by atoms with van der Waals surface area (Å²) in [6.45, 7) is 3.07. The highest BCUT2D eigenvalue weighted by Crippen LogP contribution is 2.28. The molecule has 82 valence electrons. The normalized spacial score (nSPS) is 37.3. The summed E-state index contributed by atoms with van der Waals surface area (Å²) in [5, 5.41) is 0. The summed E-state index contributed by atoms with van der Waals surface area (Å²) in [5.74, 6) is 0.820. The summed E-state index contributed by atoms with van der Waals surface area (Å²) in [4.78, 5) is 2.50. The standard InChI is InChI=1S/C11H22N2O/c1-13-5-2-10(12)8-11(13)9-3-6-14-7-4-9/h9-11H,2-8,12H2,1H3. The van der Waals surface area contributed by atoms with E-state index in [-0.39, 0.29) is 0 Å². The first-order chi connectivity index (χ1) is 6.77. The van der Waals surface area contributed by atoms with Crippen LogP contribution in [0.4, 0.5) is 0 Å². The third kappa shape index (κ3) is 2.27. The van der Waals surface area contributed by atoms with E-state index in [1.807, 2.05) is 0 Å². The van der Waals surface area contributed by atoms with E-state index in [2.05, 4.69) is 11.9 Å². The summed E-state index contributed by atoms with van der Waals surface area (Å²) < 4.78 is 5.40. The van der Waals surface area contributed by atoms with E-state index < -0.39 is 0 Å². The Bertz CT molecular complexity index is 180. The number of nitrogens with two attached hydrogens (primary N) is 1. The molecule has 0 saturated carbocycles. The van der Waals surface area contributed by atoms with Crippen LogP contribution in [0, 0.1) is 5.92 Å². The van der Waals surface area contributed by atoms with Gasteiger partial charge in [-0.25, -0.2) is 0 Å². The van der Waals surface area contributed by atoms with Crippen LogP contribution in [0.3, 0.4) is 0 Å². The van der Waals surface area contributed by atoms with Crippen molar-refractivity contribution in [1.82, 2.24) is 4.90 Å². The van der Waals surface area contributed by atoms with Crippen molar-refractivity contribution in [3.8, 4) is 0 Å². The van der Waals surface area contributed by atoms with Gasteiger partial charge in [0, 0.05) is 25.3 Å². The quantitative estimate of drug-likeness (QED) is 0.678. The van der Waals surface area contributed by atoms with Gasteiger partial charge in [-0.15, -0.1) is 0 Å². The van der Waals surface area contributed by atoms with Crippen molar-refractivity contribution in [3.63, 3.8) is 0 Å². The summed E-state index contributed by atoms with van der Waals surface area (Å²) in [7, 11) is 2.24. The van der Waals surface area contributed by atoms with E-state index in [4.69, 9.17) is 10.5 Å². The second-order valence-electron chi connectivity index (χ2n) is 4.78. The van der Waals surface area contributed by atoms with Gasteiger partial charge < -0.3 is 15.4 Å². The molecule has 0 spiro atoms. The molecule has 0 bridgehead atoms. The molecule has 2 aliphatic rings. The van der Waals surface area contributed by atoms with Gasteiger partial charge in [0.15, 0.2) is 0 Å². The van der Waals surface area contributed by atoms with Crippen molar-refractivity contribution >= 4 is 0 Å². The van der Waals surface area contributed by atoms with E-state index >= 15 is 0 Å². The molecule has 0 aromatic carbocycles. The number of ether oxygens (including phenoxy) is 1. The van der Waals surface area contributed by atoms with Crippen LogP contribution in [0.2, 0.25) is 0 Å². The predicted octanol–water partition coefficient (Wildman–Crippen LogP) is 0.834. The van der Waals surface area contributed by atoms with Crippen molar-refractivity contribution in [1.29, 1.82) is 0 Å². The van der Waals surface area contributed by atoms with Crippen molar-refractivity contribution in [3.05, 3.63) is 0 Å². The summed E-state index contributed by atoms with van der Waals surface area (Å²) in [6.07, 6.45) is 4.79. The van der Waals surface area contributed by atoms with Gasteiger partial charge in [0.05, 0.1) is 0 Å². The van der Waals surface area contributed by atoms with Crippen molar-refractivity contribution in [2.45, 2.75) is 37.8 Å². The van der Waals surface area contributed by atoms with Crippen LogP contribution in [0.1, 0.15) is 25.7 Å². The lowest BCUT2D eigenvalue weighted by atomic mass is 9.84. The largest absolute Gasteiger partial charge is 0.381 e. The van der Waals surface area contributed by atoms with Gasteiger partial charge in [-0.1, -0.05) is 0 Å². The fourth-order valence-corrected chi connectivity index (χ4v) is 2.80. The Hall–Kier alpha value is -0.120. The summed E-state index contributed by atoms with van der Waals surface area (Å²) in [6, 6.07) is 1.14. The molecule has 0 aromatic rings. The first-order valence-electron chi connectivity index (χ1n) is 5.81. The van der Waals surface area contributed by atoms with Gasteiger partial charge in [0.25, 0.3) is 0 Å². The van der Waals surface area contributed by atoms with Crippen molar-refractivity contribution in [2.75, 3.05) is 26.8 Å². The molecular formula is C11H22N2O. The lowest BCUT2D eigenvalue weighted by Crippen LogP contribution is -2.49. The van der Waals surface area contributed by atoms with E-state index in [0.717, 1.165) is 25.6 Å². The molecular weight excluding hydrogens is 176 g/mol. The number of nitrogens with zero attached hydrogens (tertiary/aromatic N) is 1. The highest BCUT2D eigenvalue weighted by molar-refractivity contribution is 4.87. The van der Waals surface area contributed by atoms with Crippen LogP contribution in [-0.2, 0) is 4.74 Å². The number of hydrogen-bond acceptors (Lipinski definition) is 3. The van der Waals surface area contributed by atoms with E-state index in [1.54, 1.807) is 0 Å². The fourth-order valence-electron chi connectivity index (χ4n) is 2.80. The Labute approximate surface area is 86.6 Å². The maximum Gasteiger partial charge on any atom is 0.0469 e. The molecule has 14 heavy (non-hydrogen) atoms. The molecule has 2 saturated heterocycles. The van der Waals surface area contributed by atoms with Gasteiger partial charge >= 0.3 is 0 Å². The zero-order valence-corrected chi connectivity index (χ0v) is 9.11. The Morgan fingerprint density at radius 2 is 1.93 bits per heavy atom. The van der Waals surface area contributed by atoms with Crippen LogP contribution in [0.15, 0.2) is 0 Å². The number of piperidine rings is 1. The second-order valence-corrected chi connectivity index (χ2v) is 4.78. The van der Waals surface area contributed by atoms with Crippen LogP contribution in [0.25, 0.3) is 0 Å². The minimum absolute atomic E-state index is 0.430. The first-order valence-corrected chi connectivity index (χ1v) is 5.81. The topological polar surface area (TPSA) is 38.5 Å². The molecule has 0 amide bonds. The minimum Gasteiger partial charge on any atom is -0.381 e. The van der Waals surface area contributed by atoms with Gasteiger partial charge in [-0.05, 0) is 45.2 Å².